The van der Waals surface area contributed by atoms with E-state index in [-0.39, 0.29) is 10.9 Å². The molecule has 0 aliphatic carbocycles. The van der Waals surface area contributed by atoms with Crippen molar-refractivity contribution in [2.24, 2.45) is 0 Å². The maximum absolute atomic E-state index is 13.1. The summed E-state index contributed by atoms with van der Waals surface area (Å²) in [6, 6.07) is 12.0. The van der Waals surface area contributed by atoms with E-state index in [1.807, 2.05) is 38.1 Å². The van der Waals surface area contributed by atoms with Crippen LogP contribution in [0.25, 0.3) is 0 Å². The summed E-state index contributed by atoms with van der Waals surface area (Å²) in [5, 5.41) is 0.403. The molecule has 0 saturated carbocycles. The van der Waals surface area contributed by atoms with E-state index >= 15 is 0 Å². The molecular formula is C17H18ClNO3S. The van der Waals surface area contributed by atoms with Crippen molar-refractivity contribution in [1.82, 2.24) is 0 Å². The maximum Gasteiger partial charge on any atom is 0.264 e. The lowest BCUT2D eigenvalue weighted by molar-refractivity contribution is 0.339. The van der Waals surface area contributed by atoms with Gasteiger partial charge in [0.15, 0.2) is 0 Å². The molecule has 0 fully saturated rings. The van der Waals surface area contributed by atoms with Crippen molar-refractivity contribution in [2.45, 2.75) is 31.2 Å². The first-order valence-electron chi connectivity index (χ1n) is 7.50. The Balaban J connectivity index is 2.07. The number of nitrogens with zero attached hydrogens (tertiary/aromatic N) is 1. The van der Waals surface area contributed by atoms with Gasteiger partial charge in [0.05, 0.1) is 22.2 Å². The molecule has 0 spiro atoms. The van der Waals surface area contributed by atoms with E-state index in [1.165, 1.54) is 16.4 Å². The molecule has 1 aliphatic heterocycles. The summed E-state index contributed by atoms with van der Waals surface area (Å²) in [4.78, 5) is 0.189. The van der Waals surface area contributed by atoms with Crippen LogP contribution in [-0.2, 0) is 16.4 Å². The number of benzene rings is 2. The second kappa shape index (κ2) is 6.06. The molecule has 0 N–H and O–H groups in total. The minimum atomic E-state index is -3.66. The van der Waals surface area contributed by atoms with Crippen LogP contribution in [0, 0.1) is 0 Å². The zero-order valence-electron chi connectivity index (χ0n) is 13.0. The second-order valence-corrected chi connectivity index (χ2v) is 7.73. The Hall–Kier alpha value is -1.72. The predicted octanol–water partition coefficient (Wildman–Crippen LogP) is 3.88. The fourth-order valence-electron chi connectivity index (χ4n) is 2.93. The van der Waals surface area contributed by atoms with Crippen molar-refractivity contribution in [2.75, 3.05) is 10.9 Å². The Kier molecular flexibility index (Phi) is 4.25. The molecule has 1 atom stereocenters. The summed E-state index contributed by atoms with van der Waals surface area (Å²) in [6.45, 7) is 4.17. The molecule has 4 nitrogen and oxygen atoms in total. The Morgan fingerprint density at radius 3 is 2.74 bits per heavy atom. The highest BCUT2D eigenvalue weighted by molar-refractivity contribution is 7.92. The van der Waals surface area contributed by atoms with Crippen molar-refractivity contribution >= 4 is 27.3 Å². The lowest BCUT2D eigenvalue weighted by Crippen LogP contribution is -2.35. The minimum absolute atomic E-state index is 0.122. The third kappa shape index (κ3) is 2.79. The van der Waals surface area contributed by atoms with Gasteiger partial charge in [-0.1, -0.05) is 29.8 Å². The average molecular weight is 352 g/mol. The van der Waals surface area contributed by atoms with Gasteiger partial charge in [-0.3, -0.25) is 4.31 Å². The highest BCUT2D eigenvalue weighted by Crippen LogP contribution is 2.37. The number of fused-ring (bicyclic) bond motifs is 1. The van der Waals surface area contributed by atoms with Crippen LogP contribution < -0.4 is 9.04 Å². The first kappa shape index (κ1) is 16.1. The fraction of sp³-hybridized carbons (Fsp3) is 0.294. The smallest absolute Gasteiger partial charge is 0.264 e. The third-order valence-corrected chi connectivity index (χ3v) is 6.14. The summed E-state index contributed by atoms with van der Waals surface area (Å²) in [5.74, 6) is 0.385. The monoisotopic (exact) mass is 351 g/mol. The number of hydrogen-bond donors (Lipinski definition) is 0. The highest BCUT2D eigenvalue weighted by Gasteiger charge is 2.36. The zero-order valence-corrected chi connectivity index (χ0v) is 14.6. The molecule has 1 aliphatic rings. The molecular weight excluding hydrogens is 334 g/mol. The van der Waals surface area contributed by atoms with Gasteiger partial charge in [0.25, 0.3) is 10.0 Å². The van der Waals surface area contributed by atoms with Crippen molar-refractivity contribution in [3.8, 4) is 5.75 Å². The Morgan fingerprint density at radius 2 is 2.00 bits per heavy atom. The molecule has 0 amide bonds. The number of anilines is 1. The topological polar surface area (TPSA) is 46.6 Å². The van der Waals surface area contributed by atoms with Gasteiger partial charge in [-0.15, -0.1) is 0 Å². The SMILES string of the molecule is CCOc1cc(S(=O)(=O)N2c3ccccc3C[C@@H]2C)ccc1Cl. The van der Waals surface area contributed by atoms with E-state index in [0.29, 0.717) is 23.8 Å². The minimum Gasteiger partial charge on any atom is -0.492 e. The molecule has 3 rings (SSSR count). The molecule has 0 unspecified atom stereocenters. The lowest BCUT2D eigenvalue weighted by Gasteiger charge is -2.24. The van der Waals surface area contributed by atoms with Crippen molar-refractivity contribution in [3.63, 3.8) is 0 Å². The summed E-state index contributed by atoms with van der Waals surface area (Å²) in [5.41, 5.74) is 1.79. The third-order valence-electron chi connectivity index (χ3n) is 3.90. The highest BCUT2D eigenvalue weighted by atomic mass is 35.5. The van der Waals surface area contributed by atoms with Crippen LogP contribution in [0.5, 0.6) is 5.75 Å². The first-order chi connectivity index (χ1) is 10.9. The van der Waals surface area contributed by atoms with Crippen LogP contribution in [0.4, 0.5) is 5.69 Å². The van der Waals surface area contributed by atoms with Crippen LogP contribution in [0.15, 0.2) is 47.4 Å². The van der Waals surface area contributed by atoms with E-state index in [0.717, 1.165) is 11.3 Å². The molecule has 0 bridgehead atoms. The molecule has 2 aromatic rings. The van der Waals surface area contributed by atoms with E-state index in [1.54, 1.807) is 6.07 Å². The number of ether oxygens (including phenoxy) is 1. The summed E-state index contributed by atoms with van der Waals surface area (Å²) in [7, 11) is -3.66. The number of hydrogen-bond acceptors (Lipinski definition) is 3. The standard InChI is InChI=1S/C17H18ClNO3S/c1-3-22-17-11-14(8-9-15(17)18)23(20,21)19-12(2)10-13-6-4-5-7-16(13)19/h4-9,11-12H,3,10H2,1-2H3/t12-/m0/s1. The van der Waals surface area contributed by atoms with Crippen molar-refractivity contribution in [3.05, 3.63) is 53.1 Å². The summed E-state index contributed by atoms with van der Waals surface area (Å²) >= 11 is 6.06. The number of para-hydroxylation sites is 1. The van der Waals surface area contributed by atoms with Crippen molar-refractivity contribution in [1.29, 1.82) is 0 Å². The van der Waals surface area contributed by atoms with Crippen LogP contribution in [0.3, 0.4) is 0 Å². The molecule has 0 radical (unpaired) electrons. The van der Waals surface area contributed by atoms with Gasteiger partial charge >= 0.3 is 0 Å². The molecule has 2 aromatic carbocycles. The van der Waals surface area contributed by atoms with Crippen LogP contribution in [-0.4, -0.2) is 21.1 Å². The average Bonchev–Trinajstić information content (AvgIpc) is 2.85. The second-order valence-electron chi connectivity index (χ2n) is 5.51. The molecule has 0 aromatic heterocycles. The number of sulfonamides is 1. The fourth-order valence-corrected chi connectivity index (χ4v) is 4.81. The summed E-state index contributed by atoms with van der Waals surface area (Å²) in [6.07, 6.45) is 0.710. The largest absolute Gasteiger partial charge is 0.492 e. The normalized spacial score (nSPS) is 17.2. The quantitative estimate of drug-likeness (QED) is 0.839. The lowest BCUT2D eigenvalue weighted by atomic mass is 10.1. The molecule has 23 heavy (non-hydrogen) atoms. The van der Waals surface area contributed by atoms with Gasteiger partial charge in [0.2, 0.25) is 0 Å². The zero-order chi connectivity index (χ0) is 16.6. The van der Waals surface area contributed by atoms with Gasteiger partial charge in [-0.05, 0) is 44.0 Å². The van der Waals surface area contributed by atoms with Gasteiger partial charge < -0.3 is 4.74 Å². The van der Waals surface area contributed by atoms with Gasteiger partial charge in [-0.2, -0.15) is 0 Å². The van der Waals surface area contributed by atoms with E-state index in [9.17, 15) is 8.42 Å². The van der Waals surface area contributed by atoms with E-state index in [4.69, 9.17) is 16.3 Å². The molecule has 6 heteroatoms. The van der Waals surface area contributed by atoms with E-state index < -0.39 is 10.0 Å². The predicted molar refractivity (Wildman–Crippen MR) is 91.9 cm³/mol. The number of halogens is 1. The van der Waals surface area contributed by atoms with E-state index in [2.05, 4.69) is 0 Å². The van der Waals surface area contributed by atoms with Crippen LogP contribution in [0.2, 0.25) is 5.02 Å². The van der Waals surface area contributed by atoms with Crippen LogP contribution in [0.1, 0.15) is 19.4 Å². The number of rotatable bonds is 4. The molecule has 1 heterocycles. The molecule has 122 valence electrons. The van der Waals surface area contributed by atoms with Gasteiger partial charge in [0, 0.05) is 12.1 Å². The Labute approximate surface area is 141 Å². The van der Waals surface area contributed by atoms with Crippen LogP contribution >= 0.6 is 11.6 Å². The summed E-state index contributed by atoms with van der Waals surface area (Å²) < 4.78 is 33.1. The first-order valence-corrected chi connectivity index (χ1v) is 9.31. The van der Waals surface area contributed by atoms with Gasteiger partial charge in [-0.25, -0.2) is 8.42 Å². The van der Waals surface area contributed by atoms with Gasteiger partial charge in [0.1, 0.15) is 5.75 Å². The Bertz CT molecular complexity index is 835. The Morgan fingerprint density at radius 1 is 1.26 bits per heavy atom. The van der Waals surface area contributed by atoms with Crippen molar-refractivity contribution < 1.29 is 13.2 Å². The molecule has 0 saturated heterocycles. The maximum atomic E-state index is 13.1.